The number of amides is 1. The third-order valence-corrected chi connectivity index (χ3v) is 3.61. The number of aliphatic hydroxyl groups is 1. The van der Waals surface area contributed by atoms with Crippen LogP contribution in [0.15, 0.2) is 16.8 Å². The van der Waals surface area contributed by atoms with Crippen LogP contribution >= 0.6 is 11.3 Å². The lowest BCUT2D eigenvalue weighted by Gasteiger charge is -2.15. The summed E-state index contributed by atoms with van der Waals surface area (Å²) in [5, 5.41) is 16.8. The van der Waals surface area contributed by atoms with E-state index in [1.807, 2.05) is 16.8 Å². The quantitative estimate of drug-likeness (QED) is 0.810. The van der Waals surface area contributed by atoms with E-state index >= 15 is 0 Å². The highest BCUT2D eigenvalue weighted by Gasteiger charge is 2.28. The Kier molecular flexibility index (Phi) is 3.58. The van der Waals surface area contributed by atoms with E-state index in [0.29, 0.717) is 6.54 Å². The van der Waals surface area contributed by atoms with E-state index in [-0.39, 0.29) is 11.9 Å². The summed E-state index contributed by atoms with van der Waals surface area (Å²) >= 11 is 1.56. The predicted molar refractivity (Wildman–Crippen MR) is 63.3 cm³/mol. The summed E-state index contributed by atoms with van der Waals surface area (Å²) < 4.78 is 0. The molecule has 2 rings (SSSR count). The van der Waals surface area contributed by atoms with E-state index in [1.165, 1.54) is 0 Å². The third kappa shape index (κ3) is 2.42. The maximum absolute atomic E-state index is 11.6. The molecule has 1 aromatic heterocycles. The van der Waals surface area contributed by atoms with E-state index < -0.39 is 6.10 Å². The normalized spacial score (nSPS) is 22.8. The zero-order chi connectivity index (χ0) is 11.5. The highest BCUT2D eigenvalue weighted by atomic mass is 32.1. The fourth-order valence-electron chi connectivity index (χ4n) is 1.85. The van der Waals surface area contributed by atoms with E-state index in [1.54, 1.807) is 23.3 Å². The first kappa shape index (κ1) is 11.6. The summed E-state index contributed by atoms with van der Waals surface area (Å²) in [6.07, 6.45) is 0.302. The minimum absolute atomic E-state index is 0.123. The summed E-state index contributed by atoms with van der Waals surface area (Å²) in [5.41, 5.74) is 0.913. The summed E-state index contributed by atoms with van der Waals surface area (Å²) in [4.78, 5) is 13.3. The molecule has 5 heteroatoms. The fourth-order valence-corrected chi connectivity index (χ4v) is 2.56. The molecule has 2 unspecified atom stereocenters. The highest BCUT2D eigenvalue weighted by Crippen LogP contribution is 2.16. The largest absolute Gasteiger partial charge is 0.387 e. The number of rotatable bonds is 4. The van der Waals surface area contributed by atoms with Crippen LogP contribution in [0.5, 0.6) is 0 Å². The van der Waals surface area contributed by atoms with Crippen LogP contribution in [-0.2, 0) is 4.79 Å². The van der Waals surface area contributed by atoms with Crippen LogP contribution < -0.4 is 5.32 Å². The van der Waals surface area contributed by atoms with Gasteiger partial charge in [0.05, 0.1) is 12.1 Å². The Balaban J connectivity index is 1.82. The molecule has 0 aliphatic carbocycles. The van der Waals surface area contributed by atoms with Crippen LogP contribution in [0.2, 0.25) is 0 Å². The number of hydrogen-bond acceptors (Lipinski definition) is 4. The van der Waals surface area contributed by atoms with Crippen LogP contribution in [0.4, 0.5) is 0 Å². The number of aliphatic hydroxyl groups excluding tert-OH is 1. The fraction of sp³-hybridized carbons (Fsp3) is 0.545. The second-order valence-corrected chi connectivity index (χ2v) is 4.86. The van der Waals surface area contributed by atoms with Crippen molar-refractivity contribution in [1.29, 1.82) is 0 Å². The molecule has 1 amide bonds. The maximum atomic E-state index is 11.6. The van der Waals surface area contributed by atoms with Gasteiger partial charge in [-0.2, -0.15) is 11.3 Å². The summed E-state index contributed by atoms with van der Waals surface area (Å²) in [6, 6.07) is 1.78. The van der Waals surface area contributed by atoms with Gasteiger partial charge in [-0.05, 0) is 28.8 Å². The predicted octanol–water partition coefficient (Wildman–Crippen LogP) is 0.602. The van der Waals surface area contributed by atoms with Crippen molar-refractivity contribution >= 4 is 17.2 Å². The zero-order valence-electron chi connectivity index (χ0n) is 9.22. The van der Waals surface area contributed by atoms with Crippen LogP contribution in [0.25, 0.3) is 0 Å². The van der Waals surface area contributed by atoms with Crippen LogP contribution in [0, 0.1) is 0 Å². The number of nitrogens with zero attached hydrogens (tertiary/aromatic N) is 1. The first-order valence-electron chi connectivity index (χ1n) is 5.37. The van der Waals surface area contributed by atoms with Gasteiger partial charge in [-0.15, -0.1) is 0 Å². The molecule has 4 nitrogen and oxygen atoms in total. The van der Waals surface area contributed by atoms with E-state index in [2.05, 4.69) is 5.32 Å². The Morgan fingerprint density at radius 1 is 1.75 bits per heavy atom. The standard InChI is InChI=1S/C11H16N2O2S/c1-13-4-2-9(11(13)15)12-6-10(14)8-3-5-16-7-8/h3,5,7,9-10,12,14H,2,4,6H2,1H3. The molecule has 88 valence electrons. The first-order valence-corrected chi connectivity index (χ1v) is 6.31. The number of carbonyl (C=O) groups excluding carboxylic acids is 1. The number of carbonyl (C=O) groups is 1. The van der Waals surface area contributed by atoms with Crippen LogP contribution in [0.1, 0.15) is 18.1 Å². The van der Waals surface area contributed by atoms with Gasteiger partial charge in [0.1, 0.15) is 0 Å². The number of likely N-dealkylation sites (tertiary alicyclic amines) is 1. The molecule has 0 bridgehead atoms. The van der Waals surface area contributed by atoms with Crippen molar-refractivity contribution in [3.05, 3.63) is 22.4 Å². The average molecular weight is 240 g/mol. The molecule has 0 spiro atoms. The Morgan fingerprint density at radius 2 is 2.56 bits per heavy atom. The van der Waals surface area contributed by atoms with Gasteiger partial charge in [-0.1, -0.05) is 0 Å². The van der Waals surface area contributed by atoms with Crippen molar-refractivity contribution in [3.63, 3.8) is 0 Å². The van der Waals surface area contributed by atoms with Crippen molar-refractivity contribution < 1.29 is 9.90 Å². The summed E-state index contributed by atoms with van der Waals surface area (Å²) in [6.45, 7) is 1.23. The SMILES string of the molecule is CN1CCC(NCC(O)c2ccsc2)C1=O. The molecule has 0 radical (unpaired) electrons. The average Bonchev–Trinajstić information content (AvgIpc) is 2.89. The Bertz CT molecular complexity index is 353. The summed E-state index contributed by atoms with van der Waals surface area (Å²) in [5.74, 6) is 0.123. The Morgan fingerprint density at radius 3 is 3.12 bits per heavy atom. The number of hydrogen-bond donors (Lipinski definition) is 2. The molecule has 16 heavy (non-hydrogen) atoms. The number of nitrogens with one attached hydrogen (secondary N) is 1. The van der Waals surface area contributed by atoms with Gasteiger partial charge in [-0.25, -0.2) is 0 Å². The van der Waals surface area contributed by atoms with Gasteiger partial charge in [0.25, 0.3) is 0 Å². The Hall–Kier alpha value is -0.910. The van der Waals surface area contributed by atoms with Crippen molar-refractivity contribution in [2.24, 2.45) is 0 Å². The van der Waals surface area contributed by atoms with Gasteiger partial charge in [0.15, 0.2) is 0 Å². The molecular weight excluding hydrogens is 224 g/mol. The van der Waals surface area contributed by atoms with Crippen LogP contribution in [-0.4, -0.2) is 42.1 Å². The van der Waals surface area contributed by atoms with Crippen molar-refractivity contribution in [2.45, 2.75) is 18.6 Å². The van der Waals surface area contributed by atoms with Gasteiger partial charge in [0, 0.05) is 20.1 Å². The van der Waals surface area contributed by atoms with Gasteiger partial charge in [-0.3, -0.25) is 4.79 Å². The number of likely N-dealkylation sites (N-methyl/N-ethyl adjacent to an activating group) is 1. The lowest BCUT2D eigenvalue weighted by molar-refractivity contribution is -0.128. The lowest BCUT2D eigenvalue weighted by atomic mass is 10.2. The molecule has 1 aromatic rings. The first-order chi connectivity index (χ1) is 7.68. The van der Waals surface area contributed by atoms with E-state index in [0.717, 1.165) is 18.5 Å². The van der Waals surface area contributed by atoms with Crippen molar-refractivity contribution in [3.8, 4) is 0 Å². The molecule has 1 aliphatic heterocycles. The minimum atomic E-state index is -0.523. The third-order valence-electron chi connectivity index (χ3n) is 2.91. The van der Waals surface area contributed by atoms with Crippen molar-refractivity contribution in [2.75, 3.05) is 20.1 Å². The van der Waals surface area contributed by atoms with E-state index in [9.17, 15) is 9.90 Å². The van der Waals surface area contributed by atoms with Gasteiger partial charge < -0.3 is 15.3 Å². The zero-order valence-corrected chi connectivity index (χ0v) is 10.0. The van der Waals surface area contributed by atoms with Gasteiger partial charge in [0.2, 0.25) is 5.91 Å². The topological polar surface area (TPSA) is 52.6 Å². The molecular formula is C11H16N2O2S. The molecule has 1 fully saturated rings. The molecule has 0 aromatic carbocycles. The Labute approximate surface area is 98.9 Å². The molecule has 1 aliphatic rings. The second-order valence-electron chi connectivity index (χ2n) is 4.08. The lowest BCUT2D eigenvalue weighted by Crippen LogP contribution is -2.38. The molecule has 2 heterocycles. The smallest absolute Gasteiger partial charge is 0.239 e. The molecule has 0 saturated carbocycles. The monoisotopic (exact) mass is 240 g/mol. The minimum Gasteiger partial charge on any atom is -0.387 e. The second kappa shape index (κ2) is 4.95. The van der Waals surface area contributed by atoms with Crippen LogP contribution in [0.3, 0.4) is 0 Å². The molecule has 2 atom stereocenters. The van der Waals surface area contributed by atoms with Gasteiger partial charge >= 0.3 is 0 Å². The molecule has 2 N–H and O–H groups in total. The van der Waals surface area contributed by atoms with Crippen molar-refractivity contribution in [1.82, 2.24) is 10.2 Å². The summed E-state index contributed by atoms with van der Waals surface area (Å²) in [7, 11) is 1.80. The van der Waals surface area contributed by atoms with E-state index in [4.69, 9.17) is 0 Å². The molecule has 1 saturated heterocycles. The highest BCUT2D eigenvalue weighted by molar-refractivity contribution is 7.07. The number of thiophene rings is 1. The maximum Gasteiger partial charge on any atom is 0.239 e.